The van der Waals surface area contributed by atoms with E-state index in [9.17, 15) is 0 Å². The van der Waals surface area contributed by atoms with E-state index in [2.05, 4.69) is 49.2 Å². The molecule has 3 rings (SSSR count). The number of nitrogens with one attached hydrogen (secondary N) is 1. The molecule has 0 amide bonds. The van der Waals surface area contributed by atoms with Crippen LogP contribution < -0.4 is 5.32 Å². The van der Waals surface area contributed by atoms with Crippen molar-refractivity contribution in [2.75, 3.05) is 19.6 Å². The first-order valence-corrected chi connectivity index (χ1v) is 7.61. The summed E-state index contributed by atoms with van der Waals surface area (Å²) in [6.45, 7) is 11.5. The van der Waals surface area contributed by atoms with Gasteiger partial charge in [0.1, 0.15) is 0 Å². The number of benzene rings is 1. The highest BCUT2D eigenvalue weighted by Gasteiger charge is 2.43. The van der Waals surface area contributed by atoms with Crippen molar-refractivity contribution in [3.63, 3.8) is 0 Å². The quantitative estimate of drug-likeness (QED) is 0.897. The minimum atomic E-state index is 0.356. The largest absolute Gasteiger partial charge is 0.309 e. The summed E-state index contributed by atoms with van der Waals surface area (Å²) >= 11 is 0. The molecule has 1 saturated heterocycles. The Bertz CT molecular complexity index is 444. The van der Waals surface area contributed by atoms with Crippen LogP contribution in [0.3, 0.4) is 0 Å². The lowest BCUT2D eigenvalue weighted by Crippen LogP contribution is -2.59. The Morgan fingerprint density at radius 1 is 1.26 bits per heavy atom. The predicted molar refractivity (Wildman–Crippen MR) is 80.3 cm³/mol. The SMILES string of the molecule is Cc1cccc(C)c1CN1CCNC(C)(C2CC2)C1. The minimum Gasteiger partial charge on any atom is -0.309 e. The van der Waals surface area contributed by atoms with Gasteiger partial charge < -0.3 is 5.32 Å². The van der Waals surface area contributed by atoms with Crippen molar-refractivity contribution < 1.29 is 0 Å². The standard InChI is InChI=1S/C17H26N2/c1-13-5-4-6-14(2)16(13)11-19-10-9-18-17(3,12-19)15-7-8-15/h4-6,15,18H,7-12H2,1-3H3. The topological polar surface area (TPSA) is 15.3 Å². The Morgan fingerprint density at radius 3 is 2.58 bits per heavy atom. The van der Waals surface area contributed by atoms with Crippen LogP contribution in [0.2, 0.25) is 0 Å². The lowest BCUT2D eigenvalue weighted by Gasteiger charge is -2.42. The average Bonchev–Trinajstić information content (AvgIpc) is 3.19. The molecule has 104 valence electrons. The third kappa shape index (κ3) is 2.70. The summed E-state index contributed by atoms with van der Waals surface area (Å²) in [4.78, 5) is 2.64. The highest BCUT2D eigenvalue weighted by Crippen LogP contribution is 2.41. The maximum absolute atomic E-state index is 3.76. The smallest absolute Gasteiger partial charge is 0.0309 e. The van der Waals surface area contributed by atoms with Gasteiger partial charge in [-0.3, -0.25) is 4.90 Å². The first-order chi connectivity index (χ1) is 9.08. The summed E-state index contributed by atoms with van der Waals surface area (Å²) in [5.41, 5.74) is 4.76. The summed E-state index contributed by atoms with van der Waals surface area (Å²) in [7, 11) is 0. The number of rotatable bonds is 3. The molecule has 1 aromatic rings. The lowest BCUT2D eigenvalue weighted by molar-refractivity contribution is 0.121. The Morgan fingerprint density at radius 2 is 1.95 bits per heavy atom. The average molecular weight is 258 g/mol. The fraction of sp³-hybridized carbons (Fsp3) is 0.647. The maximum Gasteiger partial charge on any atom is 0.0309 e. The molecular weight excluding hydrogens is 232 g/mol. The molecule has 1 aliphatic carbocycles. The molecule has 0 spiro atoms. The molecule has 1 saturated carbocycles. The summed E-state index contributed by atoms with van der Waals surface area (Å²) in [6, 6.07) is 6.65. The molecule has 1 atom stereocenters. The predicted octanol–water partition coefficient (Wildman–Crippen LogP) is 2.88. The van der Waals surface area contributed by atoms with Crippen LogP contribution in [0.5, 0.6) is 0 Å². The highest BCUT2D eigenvalue weighted by molar-refractivity contribution is 5.33. The van der Waals surface area contributed by atoms with Crippen molar-refractivity contribution in [1.29, 1.82) is 0 Å². The number of hydrogen-bond donors (Lipinski definition) is 1. The van der Waals surface area contributed by atoms with Crippen molar-refractivity contribution in [2.24, 2.45) is 5.92 Å². The van der Waals surface area contributed by atoms with E-state index >= 15 is 0 Å². The second-order valence-electron chi connectivity index (χ2n) is 6.70. The van der Waals surface area contributed by atoms with Crippen LogP contribution in [0.15, 0.2) is 18.2 Å². The normalized spacial score (nSPS) is 28.6. The van der Waals surface area contributed by atoms with Crippen LogP contribution in [0.25, 0.3) is 0 Å². The van der Waals surface area contributed by atoms with E-state index in [1.165, 1.54) is 42.6 Å². The number of nitrogens with zero attached hydrogens (tertiary/aromatic N) is 1. The summed E-state index contributed by atoms with van der Waals surface area (Å²) < 4.78 is 0. The van der Waals surface area contributed by atoms with Crippen molar-refractivity contribution in [3.05, 3.63) is 34.9 Å². The van der Waals surface area contributed by atoms with Crippen LogP contribution in [0, 0.1) is 19.8 Å². The van der Waals surface area contributed by atoms with Crippen LogP contribution >= 0.6 is 0 Å². The molecule has 0 radical (unpaired) electrons. The molecule has 2 nitrogen and oxygen atoms in total. The lowest BCUT2D eigenvalue weighted by atomic mass is 9.92. The molecule has 19 heavy (non-hydrogen) atoms. The van der Waals surface area contributed by atoms with Gasteiger partial charge in [-0.25, -0.2) is 0 Å². The van der Waals surface area contributed by atoms with Gasteiger partial charge in [0.15, 0.2) is 0 Å². The van der Waals surface area contributed by atoms with Crippen LogP contribution in [0.1, 0.15) is 36.5 Å². The van der Waals surface area contributed by atoms with E-state index in [1.807, 2.05) is 0 Å². The van der Waals surface area contributed by atoms with Crippen molar-refractivity contribution in [1.82, 2.24) is 10.2 Å². The Balaban J connectivity index is 1.72. The molecule has 1 aliphatic heterocycles. The molecule has 0 bridgehead atoms. The van der Waals surface area contributed by atoms with E-state index in [-0.39, 0.29) is 0 Å². The first kappa shape index (κ1) is 13.1. The molecular formula is C17H26N2. The Kier molecular flexibility index (Phi) is 3.40. The number of hydrogen-bond acceptors (Lipinski definition) is 2. The van der Waals surface area contributed by atoms with Gasteiger partial charge in [-0.05, 0) is 56.2 Å². The Labute approximate surface area is 117 Å². The van der Waals surface area contributed by atoms with Gasteiger partial charge in [-0.1, -0.05) is 18.2 Å². The molecule has 1 N–H and O–H groups in total. The number of aryl methyl sites for hydroxylation is 2. The van der Waals surface area contributed by atoms with Crippen molar-refractivity contribution in [3.8, 4) is 0 Å². The highest BCUT2D eigenvalue weighted by atomic mass is 15.2. The van der Waals surface area contributed by atoms with Crippen molar-refractivity contribution >= 4 is 0 Å². The maximum atomic E-state index is 3.76. The molecule has 1 aromatic carbocycles. The number of piperazine rings is 1. The second-order valence-corrected chi connectivity index (χ2v) is 6.70. The molecule has 2 fully saturated rings. The second kappa shape index (κ2) is 4.92. The molecule has 2 aliphatic rings. The molecule has 2 heteroatoms. The molecule has 0 aromatic heterocycles. The minimum absolute atomic E-state index is 0.356. The van der Waals surface area contributed by atoms with Gasteiger partial charge >= 0.3 is 0 Å². The van der Waals surface area contributed by atoms with Gasteiger partial charge in [0.2, 0.25) is 0 Å². The zero-order valence-corrected chi connectivity index (χ0v) is 12.5. The van der Waals surface area contributed by atoms with Crippen molar-refractivity contribution in [2.45, 2.75) is 45.7 Å². The van der Waals surface area contributed by atoms with Gasteiger partial charge in [-0.15, -0.1) is 0 Å². The first-order valence-electron chi connectivity index (χ1n) is 7.61. The molecule has 1 unspecified atom stereocenters. The van der Waals surface area contributed by atoms with E-state index in [4.69, 9.17) is 0 Å². The van der Waals surface area contributed by atoms with E-state index in [0.29, 0.717) is 5.54 Å². The van der Waals surface area contributed by atoms with Gasteiger partial charge in [0.05, 0.1) is 0 Å². The van der Waals surface area contributed by atoms with E-state index in [1.54, 1.807) is 0 Å². The fourth-order valence-corrected chi connectivity index (χ4v) is 3.55. The summed E-state index contributed by atoms with van der Waals surface area (Å²) in [6.07, 6.45) is 2.83. The van der Waals surface area contributed by atoms with Gasteiger partial charge in [0, 0.05) is 31.7 Å². The fourth-order valence-electron chi connectivity index (χ4n) is 3.55. The summed E-state index contributed by atoms with van der Waals surface area (Å²) in [5.74, 6) is 0.910. The zero-order chi connectivity index (χ0) is 13.5. The van der Waals surface area contributed by atoms with E-state index in [0.717, 1.165) is 19.0 Å². The molecule has 1 heterocycles. The van der Waals surface area contributed by atoms with Gasteiger partial charge in [-0.2, -0.15) is 0 Å². The van der Waals surface area contributed by atoms with Gasteiger partial charge in [0.25, 0.3) is 0 Å². The van der Waals surface area contributed by atoms with E-state index < -0.39 is 0 Å². The van der Waals surface area contributed by atoms with Crippen LogP contribution in [0.4, 0.5) is 0 Å². The zero-order valence-electron chi connectivity index (χ0n) is 12.5. The summed E-state index contributed by atoms with van der Waals surface area (Å²) in [5, 5.41) is 3.76. The Hall–Kier alpha value is -0.860. The third-order valence-corrected chi connectivity index (χ3v) is 5.01. The van der Waals surface area contributed by atoms with Crippen LogP contribution in [-0.4, -0.2) is 30.1 Å². The monoisotopic (exact) mass is 258 g/mol. The van der Waals surface area contributed by atoms with Crippen LogP contribution in [-0.2, 0) is 6.54 Å². The third-order valence-electron chi connectivity index (χ3n) is 5.01.